The molecule has 0 spiro atoms. The van der Waals surface area contributed by atoms with Crippen molar-refractivity contribution in [3.63, 3.8) is 0 Å². The molecular formula is C21H25N3O2. The van der Waals surface area contributed by atoms with E-state index < -0.39 is 0 Å². The fourth-order valence-electron chi connectivity index (χ4n) is 3.15. The second-order valence-corrected chi connectivity index (χ2v) is 6.63. The number of aryl methyl sites for hydroxylation is 2. The molecule has 2 N–H and O–H groups in total. The van der Waals surface area contributed by atoms with E-state index in [0.717, 1.165) is 27.9 Å². The molecule has 26 heavy (non-hydrogen) atoms. The highest BCUT2D eigenvalue weighted by Gasteiger charge is 2.13. The molecule has 5 nitrogen and oxygen atoms in total. The number of imidazole rings is 1. The Hall–Kier alpha value is -2.82. The van der Waals surface area contributed by atoms with E-state index >= 15 is 0 Å². The minimum absolute atomic E-state index is 0.0557. The van der Waals surface area contributed by atoms with Crippen LogP contribution in [0.5, 0.6) is 5.75 Å². The number of amides is 1. The summed E-state index contributed by atoms with van der Waals surface area (Å²) in [5.74, 6) is 1.47. The maximum Gasteiger partial charge on any atom is 0.228 e. The molecule has 0 aliphatic rings. The number of ether oxygens (including phenoxy) is 1. The van der Waals surface area contributed by atoms with Gasteiger partial charge in [0.15, 0.2) is 0 Å². The summed E-state index contributed by atoms with van der Waals surface area (Å²) in [6.07, 6.45) is 0.231. The van der Waals surface area contributed by atoms with Crippen molar-refractivity contribution in [1.29, 1.82) is 0 Å². The Morgan fingerprint density at radius 2 is 1.96 bits per heavy atom. The average Bonchev–Trinajstić information content (AvgIpc) is 2.98. The Morgan fingerprint density at radius 3 is 2.65 bits per heavy atom. The standard InChI is InChI=1S/C21H25N3O2/c1-5-26-17-8-6-16(7-9-17)15(4)22-20(25)12-19-23-18-11-13(2)10-14(3)21(18)24-19/h6-11,15H,5,12H2,1-4H3,(H,22,25)(H,23,24). The van der Waals surface area contributed by atoms with Crippen LogP contribution in [0.25, 0.3) is 11.0 Å². The van der Waals surface area contributed by atoms with Crippen LogP contribution in [0.3, 0.4) is 0 Å². The zero-order valence-electron chi connectivity index (χ0n) is 15.7. The van der Waals surface area contributed by atoms with Gasteiger partial charge in [0.25, 0.3) is 0 Å². The Balaban J connectivity index is 1.65. The molecule has 0 aliphatic carbocycles. The van der Waals surface area contributed by atoms with Gasteiger partial charge in [0.2, 0.25) is 5.91 Å². The van der Waals surface area contributed by atoms with Crippen LogP contribution in [-0.2, 0) is 11.2 Å². The first-order chi connectivity index (χ1) is 12.5. The number of carbonyl (C=O) groups excluding carboxylic acids is 1. The number of nitrogens with one attached hydrogen (secondary N) is 2. The summed E-state index contributed by atoms with van der Waals surface area (Å²) < 4.78 is 5.45. The van der Waals surface area contributed by atoms with E-state index in [2.05, 4.69) is 34.3 Å². The van der Waals surface area contributed by atoms with E-state index in [0.29, 0.717) is 12.4 Å². The van der Waals surface area contributed by atoms with Crippen molar-refractivity contribution in [2.45, 2.75) is 40.2 Å². The minimum atomic E-state index is -0.0773. The molecule has 1 atom stereocenters. The second-order valence-electron chi connectivity index (χ2n) is 6.63. The molecule has 0 bridgehead atoms. The lowest BCUT2D eigenvalue weighted by atomic mass is 10.1. The zero-order chi connectivity index (χ0) is 18.7. The quantitative estimate of drug-likeness (QED) is 0.705. The van der Waals surface area contributed by atoms with Gasteiger partial charge in [-0.1, -0.05) is 18.2 Å². The fourth-order valence-corrected chi connectivity index (χ4v) is 3.15. The largest absolute Gasteiger partial charge is 0.494 e. The predicted octanol–water partition coefficient (Wildman–Crippen LogP) is 4.00. The van der Waals surface area contributed by atoms with E-state index in [1.54, 1.807) is 0 Å². The number of carbonyl (C=O) groups is 1. The first kappa shape index (κ1) is 18.0. The smallest absolute Gasteiger partial charge is 0.228 e. The molecule has 1 aromatic heterocycles. The van der Waals surface area contributed by atoms with Gasteiger partial charge in [0.1, 0.15) is 11.6 Å². The van der Waals surface area contributed by atoms with Crippen LogP contribution in [0.4, 0.5) is 0 Å². The van der Waals surface area contributed by atoms with Gasteiger partial charge in [-0.3, -0.25) is 4.79 Å². The van der Waals surface area contributed by atoms with Crippen LogP contribution in [-0.4, -0.2) is 22.5 Å². The van der Waals surface area contributed by atoms with Gasteiger partial charge in [-0.05, 0) is 62.6 Å². The SMILES string of the molecule is CCOc1ccc(C(C)NC(=O)Cc2nc3c(C)cc(C)cc3[nH]2)cc1. The van der Waals surface area contributed by atoms with Gasteiger partial charge in [0.05, 0.1) is 30.1 Å². The summed E-state index contributed by atoms with van der Waals surface area (Å²) in [6.45, 7) is 8.66. The number of hydrogen-bond acceptors (Lipinski definition) is 3. The fraction of sp³-hybridized carbons (Fsp3) is 0.333. The Bertz CT molecular complexity index is 913. The monoisotopic (exact) mass is 351 g/mol. The number of aromatic amines is 1. The number of fused-ring (bicyclic) bond motifs is 1. The number of hydrogen-bond donors (Lipinski definition) is 2. The van der Waals surface area contributed by atoms with Crippen LogP contribution in [0.1, 0.15) is 42.4 Å². The van der Waals surface area contributed by atoms with E-state index in [1.165, 1.54) is 5.56 Å². The van der Waals surface area contributed by atoms with Gasteiger partial charge in [-0.15, -0.1) is 0 Å². The highest BCUT2D eigenvalue weighted by molar-refractivity contribution is 5.82. The van der Waals surface area contributed by atoms with Crippen molar-refractivity contribution >= 4 is 16.9 Å². The highest BCUT2D eigenvalue weighted by Crippen LogP contribution is 2.20. The van der Waals surface area contributed by atoms with E-state index in [1.807, 2.05) is 45.0 Å². The molecule has 3 rings (SSSR count). The van der Waals surface area contributed by atoms with E-state index in [-0.39, 0.29) is 18.4 Å². The van der Waals surface area contributed by atoms with Crippen LogP contribution < -0.4 is 10.1 Å². The number of aromatic nitrogens is 2. The highest BCUT2D eigenvalue weighted by atomic mass is 16.5. The van der Waals surface area contributed by atoms with Gasteiger partial charge < -0.3 is 15.0 Å². The first-order valence-corrected chi connectivity index (χ1v) is 8.94. The molecular weight excluding hydrogens is 326 g/mol. The third-order valence-corrected chi connectivity index (χ3v) is 4.37. The number of benzene rings is 2. The maximum atomic E-state index is 12.4. The predicted molar refractivity (Wildman–Crippen MR) is 103 cm³/mol. The van der Waals surface area contributed by atoms with Crippen molar-refractivity contribution in [3.05, 3.63) is 58.9 Å². The number of nitrogens with zero attached hydrogens (tertiary/aromatic N) is 1. The molecule has 0 radical (unpaired) electrons. The molecule has 136 valence electrons. The maximum absolute atomic E-state index is 12.4. The molecule has 1 unspecified atom stereocenters. The summed E-state index contributed by atoms with van der Waals surface area (Å²) in [4.78, 5) is 20.2. The minimum Gasteiger partial charge on any atom is -0.494 e. The van der Waals surface area contributed by atoms with Crippen molar-refractivity contribution in [2.24, 2.45) is 0 Å². The van der Waals surface area contributed by atoms with Gasteiger partial charge in [-0.25, -0.2) is 4.98 Å². The molecule has 0 aliphatic heterocycles. The first-order valence-electron chi connectivity index (χ1n) is 8.94. The molecule has 0 saturated heterocycles. The molecule has 1 amide bonds. The second kappa shape index (κ2) is 7.60. The number of rotatable bonds is 6. The van der Waals surface area contributed by atoms with Crippen LogP contribution in [0.15, 0.2) is 36.4 Å². The lowest BCUT2D eigenvalue weighted by Gasteiger charge is -2.14. The van der Waals surface area contributed by atoms with E-state index in [9.17, 15) is 4.79 Å². The molecule has 5 heteroatoms. The van der Waals surface area contributed by atoms with Crippen molar-refractivity contribution < 1.29 is 9.53 Å². The molecule has 1 heterocycles. The summed E-state index contributed by atoms with van der Waals surface area (Å²) in [6, 6.07) is 11.9. The Labute approximate surface area is 153 Å². The molecule has 0 fully saturated rings. The van der Waals surface area contributed by atoms with Crippen molar-refractivity contribution in [3.8, 4) is 5.75 Å². The van der Waals surface area contributed by atoms with Crippen LogP contribution in [0, 0.1) is 13.8 Å². The summed E-state index contributed by atoms with van der Waals surface area (Å²) in [5, 5.41) is 3.03. The molecule has 0 saturated carbocycles. The van der Waals surface area contributed by atoms with Gasteiger partial charge >= 0.3 is 0 Å². The van der Waals surface area contributed by atoms with Gasteiger partial charge in [-0.2, -0.15) is 0 Å². The lowest BCUT2D eigenvalue weighted by molar-refractivity contribution is -0.121. The Morgan fingerprint density at radius 1 is 1.23 bits per heavy atom. The van der Waals surface area contributed by atoms with Gasteiger partial charge in [0, 0.05) is 0 Å². The third-order valence-electron chi connectivity index (χ3n) is 4.37. The van der Waals surface area contributed by atoms with E-state index in [4.69, 9.17) is 4.74 Å². The lowest BCUT2D eigenvalue weighted by Crippen LogP contribution is -2.28. The Kier molecular flexibility index (Phi) is 5.26. The molecule has 2 aromatic carbocycles. The van der Waals surface area contributed by atoms with Crippen LogP contribution >= 0.6 is 0 Å². The average molecular weight is 351 g/mol. The van der Waals surface area contributed by atoms with Crippen molar-refractivity contribution in [1.82, 2.24) is 15.3 Å². The zero-order valence-corrected chi connectivity index (χ0v) is 15.7. The summed E-state index contributed by atoms with van der Waals surface area (Å²) in [7, 11) is 0. The molecule has 3 aromatic rings. The topological polar surface area (TPSA) is 67.0 Å². The summed E-state index contributed by atoms with van der Waals surface area (Å²) in [5.41, 5.74) is 5.24. The summed E-state index contributed by atoms with van der Waals surface area (Å²) >= 11 is 0. The normalized spacial score (nSPS) is 12.2. The van der Waals surface area contributed by atoms with Crippen LogP contribution in [0.2, 0.25) is 0 Å². The number of H-pyrrole nitrogens is 1. The third kappa shape index (κ3) is 4.04. The van der Waals surface area contributed by atoms with Crippen molar-refractivity contribution in [2.75, 3.05) is 6.61 Å².